The van der Waals surface area contributed by atoms with Crippen LogP contribution in [0.4, 0.5) is 4.79 Å². The Morgan fingerprint density at radius 3 is 2.69 bits per heavy atom. The van der Waals surface area contributed by atoms with Gasteiger partial charge in [-0.3, -0.25) is 10.2 Å². The molecule has 0 saturated heterocycles. The molecule has 1 rings (SSSR count). The second-order valence-electron chi connectivity index (χ2n) is 3.66. The number of carbonyl (C=O) groups is 2. The van der Waals surface area contributed by atoms with Crippen molar-refractivity contribution >= 4 is 23.3 Å². The van der Waals surface area contributed by atoms with Gasteiger partial charge in [-0.05, 0) is 17.4 Å². The van der Waals surface area contributed by atoms with Gasteiger partial charge < -0.3 is 5.32 Å². The first-order valence-electron chi connectivity index (χ1n) is 4.97. The van der Waals surface area contributed by atoms with E-state index in [0.717, 1.165) is 0 Å². The molecule has 0 spiro atoms. The minimum atomic E-state index is -0.404. The Labute approximate surface area is 98.2 Å². The van der Waals surface area contributed by atoms with Gasteiger partial charge in [-0.25, -0.2) is 10.2 Å². The molecule has 6 heteroatoms. The van der Waals surface area contributed by atoms with Crippen LogP contribution in [0.2, 0.25) is 0 Å². The third kappa shape index (κ3) is 4.31. The Hall–Kier alpha value is -1.56. The van der Waals surface area contributed by atoms with Crippen LogP contribution in [0.5, 0.6) is 0 Å². The van der Waals surface area contributed by atoms with Crippen molar-refractivity contribution in [2.75, 3.05) is 6.54 Å². The summed E-state index contributed by atoms with van der Waals surface area (Å²) in [5.41, 5.74) is 4.60. The predicted octanol–water partition coefficient (Wildman–Crippen LogP) is 1.35. The van der Waals surface area contributed by atoms with Crippen LogP contribution in [0.1, 0.15) is 23.5 Å². The number of amides is 3. The molecule has 0 aliphatic carbocycles. The lowest BCUT2D eigenvalue weighted by Crippen LogP contribution is -2.47. The number of carbonyl (C=O) groups excluding carboxylic acids is 2. The molecule has 0 aliphatic heterocycles. The lowest BCUT2D eigenvalue weighted by atomic mass is 10.2. The second kappa shape index (κ2) is 6.12. The van der Waals surface area contributed by atoms with E-state index in [-0.39, 0.29) is 5.91 Å². The van der Waals surface area contributed by atoms with Gasteiger partial charge in [-0.2, -0.15) is 0 Å². The lowest BCUT2D eigenvalue weighted by Gasteiger charge is -2.09. The van der Waals surface area contributed by atoms with E-state index in [9.17, 15) is 9.59 Å². The van der Waals surface area contributed by atoms with Crippen LogP contribution < -0.4 is 16.2 Å². The fraction of sp³-hybridized carbons (Fsp3) is 0.400. The van der Waals surface area contributed by atoms with E-state index in [1.54, 1.807) is 17.5 Å². The van der Waals surface area contributed by atoms with Gasteiger partial charge in [0.15, 0.2) is 0 Å². The van der Waals surface area contributed by atoms with Gasteiger partial charge in [0.05, 0.1) is 4.88 Å². The van der Waals surface area contributed by atoms with E-state index in [0.29, 0.717) is 17.3 Å². The van der Waals surface area contributed by atoms with Gasteiger partial charge in [0.1, 0.15) is 0 Å². The largest absolute Gasteiger partial charge is 0.336 e. The zero-order chi connectivity index (χ0) is 12.0. The fourth-order valence-electron chi connectivity index (χ4n) is 0.924. The zero-order valence-electron chi connectivity index (χ0n) is 9.24. The SMILES string of the molecule is CC(C)CNC(=O)NNC(=O)c1cccs1. The summed E-state index contributed by atoms with van der Waals surface area (Å²) < 4.78 is 0. The molecule has 1 heterocycles. The summed E-state index contributed by atoms with van der Waals surface area (Å²) in [4.78, 5) is 23.2. The Morgan fingerprint density at radius 2 is 2.12 bits per heavy atom. The normalized spacial score (nSPS) is 9.94. The first-order valence-corrected chi connectivity index (χ1v) is 5.85. The van der Waals surface area contributed by atoms with E-state index < -0.39 is 6.03 Å². The summed E-state index contributed by atoms with van der Waals surface area (Å²) in [7, 11) is 0. The summed E-state index contributed by atoms with van der Waals surface area (Å²) in [6.07, 6.45) is 0. The van der Waals surface area contributed by atoms with Crippen molar-refractivity contribution in [3.63, 3.8) is 0 Å². The number of rotatable bonds is 3. The quantitative estimate of drug-likeness (QED) is 0.699. The maximum absolute atomic E-state index is 11.4. The third-order valence-corrected chi connectivity index (χ3v) is 2.57. The smallest absolute Gasteiger partial charge is 0.333 e. The Morgan fingerprint density at radius 1 is 1.38 bits per heavy atom. The van der Waals surface area contributed by atoms with E-state index in [4.69, 9.17) is 0 Å². The molecule has 3 N–H and O–H groups in total. The molecule has 0 aromatic carbocycles. The van der Waals surface area contributed by atoms with E-state index in [2.05, 4.69) is 16.2 Å². The number of hydrogen-bond donors (Lipinski definition) is 3. The van der Waals surface area contributed by atoms with Crippen LogP contribution in [-0.2, 0) is 0 Å². The van der Waals surface area contributed by atoms with Crippen molar-refractivity contribution in [1.29, 1.82) is 0 Å². The molecule has 16 heavy (non-hydrogen) atoms. The number of nitrogens with one attached hydrogen (secondary N) is 3. The summed E-state index contributed by atoms with van der Waals surface area (Å²) in [6.45, 7) is 4.55. The minimum Gasteiger partial charge on any atom is -0.336 e. The number of hydrazine groups is 1. The third-order valence-electron chi connectivity index (χ3n) is 1.71. The summed E-state index contributed by atoms with van der Waals surface area (Å²) >= 11 is 1.32. The van der Waals surface area contributed by atoms with Gasteiger partial charge in [0, 0.05) is 6.54 Å². The highest BCUT2D eigenvalue weighted by molar-refractivity contribution is 7.12. The number of hydrogen-bond acceptors (Lipinski definition) is 3. The highest BCUT2D eigenvalue weighted by Gasteiger charge is 2.07. The molecule has 0 atom stereocenters. The van der Waals surface area contributed by atoms with Crippen LogP contribution in [0.25, 0.3) is 0 Å². The average molecular weight is 241 g/mol. The molecular formula is C10H15N3O2S. The highest BCUT2D eigenvalue weighted by atomic mass is 32.1. The van der Waals surface area contributed by atoms with Crippen LogP contribution in [0, 0.1) is 5.92 Å². The van der Waals surface area contributed by atoms with Crippen molar-refractivity contribution in [3.8, 4) is 0 Å². The number of urea groups is 1. The van der Waals surface area contributed by atoms with E-state index in [1.165, 1.54) is 11.3 Å². The molecule has 3 amide bonds. The highest BCUT2D eigenvalue weighted by Crippen LogP contribution is 2.06. The standard InChI is InChI=1S/C10H15N3O2S/c1-7(2)6-11-10(15)13-12-9(14)8-4-3-5-16-8/h3-5,7H,6H2,1-2H3,(H,12,14)(H2,11,13,15). The average Bonchev–Trinajstić information content (AvgIpc) is 2.76. The molecule has 88 valence electrons. The van der Waals surface area contributed by atoms with E-state index in [1.807, 2.05) is 13.8 Å². The van der Waals surface area contributed by atoms with Gasteiger partial charge in [0.2, 0.25) is 0 Å². The topological polar surface area (TPSA) is 70.2 Å². The molecule has 0 saturated carbocycles. The van der Waals surface area contributed by atoms with Gasteiger partial charge in [-0.15, -0.1) is 11.3 Å². The van der Waals surface area contributed by atoms with Crippen molar-refractivity contribution < 1.29 is 9.59 Å². The zero-order valence-corrected chi connectivity index (χ0v) is 10.1. The number of thiophene rings is 1. The first kappa shape index (κ1) is 12.5. The lowest BCUT2D eigenvalue weighted by molar-refractivity contribution is 0.0940. The van der Waals surface area contributed by atoms with Gasteiger partial charge in [-0.1, -0.05) is 19.9 Å². The van der Waals surface area contributed by atoms with Gasteiger partial charge in [0.25, 0.3) is 5.91 Å². The van der Waals surface area contributed by atoms with Crippen LogP contribution in [-0.4, -0.2) is 18.5 Å². The van der Waals surface area contributed by atoms with Crippen LogP contribution in [0.15, 0.2) is 17.5 Å². The van der Waals surface area contributed by atoms with Crippen molar-refractivity contribution in [2.24, 2.45) is 5.92 Å². The Balaban J connectivity index is 2.24. The maximum atomic E-state index is 11.4. The monoisotopic (exact) mass is 241 g/mol. The molecule has 0 unspecified atom stereocenters. The van der Waals surface area contributed by atoms with Crippen molar-refractivity contribution in [2.45, 2.75) is 13.8 Å². The molecule has 0 bridgehead atoms. The summed E-state index contributed by atoms with van der Waals surface area (Å²) in [5, 5.41) is 4.42. The van der Waals surface area contributed by atoms with Crippen molar-refractivity contribution in [1.82, 2.24) is 16.2 Å². The summed E-state index contributed by atoms with van der Waals surface area (Å²) in [6, 6.07) is 3.06. The van der Waals surface area contributed by atoms with Gasteiger partial charge >= 0.3 is 6.03 Å². The van der Waals surface area contributed by atoms with Crippen LogP contribution in [0.3, 0.4) is 0 Å². The first-order chi connectivity index (χ1) is 7.59. The molecule has 5 nitrogen and oxygen atoms in total. The molecular weight excluding hydrogens is 226 g/mol. The fourth-order valence-corrected chi connectivity index (χ4v) is 1.54. The Bertz CT molecular complexity index is 349. The Kier molecular flexibility index (Phi) is 4.78. The van der Waals surface area contributed by atoms with Crippen LogP contribution >= 0.6 is 11.3 Å². The van der Waals surface area contributed by atoms with E-state index >= 15 is 0 Å². The summed E-state index contributed by atoms with van der Waals surface area (Å²) in [5.74, 6) is 0.0634. The van der Waals surface area contributed by atoms with Crippen molar-refractivity contribution in [3.05, 3.63) is 22.4 Å². The predicted molar refractivity (Wildman–Crippen MR) is 63.2 cm³/mol. The molecule has 1 aromatic rings. The molecule has 0 fully saturated rings. The minimum absolute atomic E-state index is 0.310. The molecule has 1 aromatic heterocycles. The molecule has 0 radical (unpaired) electrons. The second-order valence-corrected chi connectivity index (χ2v) is 4.61. The maximum Gasteiger partial charge on any atom is 0.333 e. The molecule has 0 aliphatic rings.